The number of pyridine rings is 1. The van der Waals surface area contributed by atoms with Crippen LogP contribution >= 0.6 is 0 Å². The maximum Gasteiger partial charge on any atom is 0.410 e. The first kappa shape index (κ1) is 22.8. The first-order chi connectivity index (χ1) is 15.7. The fourth-order valence-electron chi connectivity index (χ4n) is 4.24. The maximum atomic E-state index is 13.7. The normalized spacial score (nSPS) is 18.3. The van der Waals surface area contributed by atoms with Crippen LogP contribution in [0, 0.1) is 5.92 Å². The molecule has 2 aliphatic heterocycles. The number of amides is 3. The highest BCUT2D eigenvalue weighted by atomic mass is 16.6. The summed E-state index contributed by atoms with van der Waals surface area (Å²) in [5, 5.41) is 7.37. The number of nitrogens with zero attached hydrogens (tertiary/aromatic N) is 5. The van der Waals surface area contributed by atoms with Gasteiger partial charge >= 0.3 is 6.09 Å². The number of carbonyl (C=O) groups is 3. The van der Waals surface area contributed by atoms with Gasteiger partial charge in [-0.05, 0) is 32.9 Å². The molecule has 0 radical (unpaired) electrons. The monoisotopic (exact) mass is 454 g/mol. The van der Waals surface area contributed by atoms with Crippen molar-refractivity contribution < 1.29 is 19.1 Å². The largest absolute Gasteiger partial charge is 0.444 e. The van der Waals surface area contributed by atoms with Gasteiger partial charge in [-0.2, -0.15) is 5.10 Å². The minimum atomic E-state index is -0.608. The molecule has 2 aromatic heterocycles. The second-order valence-corrected chi connectivity index (χ2v) is 9.43. The molecule has 0 bridgehead atoms. The van der Waals surface area contributed by atoms with Crippen molar-refractivity contribution in [3.63, 3.8) is 0 Å². The van der Waals surface area contributed by atoms with Gasteiger partial charge in [-0.25, -0.2) is 4.79 Å². The number of aromatic nitrogens is 3. The summed E-state index contributed by atoms with van der Waals surface area (Å²) in [7, 11) is 1.59. The zero-order valence-corrected chi connectivity index (χ0v) is 19.5. The van der Waals surface area contributed by atoms with Gasteiger partial charge in [-0.3, -0.25) is 19.3 Å². The molecule has 3 amide bonds. The SMILES string of the molecule is CNC(=O)C1CN(Cc2ccccn2)C(=O)c2c3c(nn2C1)CCN(C(=O)OC(C)(C)C)C3. The van der Waals surface area contributed by atoms with Crippen molar-refractivity contribution in [2.75, 3.05) is 20.1 Å². The molecular formula is C23H30N6O4. The van der Waals surface area contributed by atoms with Crippen molar-refractivity contribution >= 4 is 17.9 Å². The molecule has 33 heavy (non-hydrogen) atoms. The van der Waals surface area contributed by atoms with Crippen molar-refractivity contribution in [3.8, 4) is 0 Å². The average Bonchev–Trinajstić information content (AvgIpc) is 3.07. The van der Waals surface area contributed by atoms with E-state index >= 15 is 0 Å². The molecule has 0 fully saturated rings. The lowest BCUT2D eigenvalue weighted by atomic mass is 10.0. The van der Waals surface area contributed by atoms with Gasteiger partial charge in [-0.1, -0.05) is 6.07 Å². The minimum Gasteiger partial charge on any atom is -0.444 e. The van der Waals surface area contributed by atoms with Crippen LogP contribution in [-0.4, -0.2) is 68.2 Å². The van der Waals surface area contributed by atoms with Crippen LogP contribution in [0.4, 0.5) is 4.79 Å². The van der Waals surface area contributed by atoms with Crippen LogP contribution in [0.5, 0.6) is 0 Å². The standard InChI is InChI=1S/C23H30N6O4/c1-23(2,3)33-22(32)27-10-8-18-17(14-27)19-21(31)28(13-16-7-5-6-9-25-16)11-15(20(30)24-4)12-29(19)26-18/h5-7,9,15H,8,10-14H2,1-4H3,(H,24,30). The Balaban J connectivity index is 1.67. The van der Waals surface area contributed by atoms with Crippen LogP contribution in [0.3, 0.4) is 0 Å². The molecular weight excluding hydrogens is 424 g/mol. The summed E-state index contributed by atoms with van der Waals surface area (Å²) in [5.41, 5.74) is 2.07. The van der Waals surface area contributed by atoms with Crippen LogP contribution < -0.4 is 5.32 Å². The van der Waals surface area contributed by atoms with Crippen LogP contribution in [0.1, 0.15) is 48.2 Å². The fraction of sp³-hybridized carbons (Fsp3) is 0.522. The molecule has 0 aromatic carbocycles. The summed E-state index contributed by atoms with van der Waals surface area (Å²) >= 11 is 0. The summed E-state index contributed by atoms with van der Waals surface area (Å²) < 4.78 is 7.17. The Bertz CT molecular complexity index is 1060. The first-order valence-electron chi connectivity index (χ1n) is 11.1. The number of hydrogen-bond donors (Lipinski definition) is 1. The van der Waals surface area contributed by atoms with Crippen LogP contribution in [-0.2, 0) is 35.6 Å². The maximum absolute atomic E-state index is 13.7. The summed E-state index contributed by atoms with van der Waals surface area (Å²) in [5.74, 6) is -0.815. The number of rotatable bonds is 3. The Morgan fingerprint density at radius 2 is 2.03 bits per heavy atom. The third-order valence-electron chi connectivity index (χ3n) is 5.77. The Morgan fingerprint density at radius 1 is 1.24 bits per heavy atom. The topological polar surface area (TPSA) is 110 Å². The lowest BCUT2D eigenvalue weighted by molar-refractivity contribution is -0.125. The van der Waals surface area contributed by atoms with Gasteiger partial charge in [0.25, 0.3) is 5.91 Å². The van der Waals surface area contributed by atoms with Gasteiger partial charge in [0, 0.05) is 38.3 Å². The number of ether oxygens (including phenoxy) is 1. The van der Waals surface area contributed by atoms with E-state index < -0.39 is 17.6 Å². The van der Waals surface area contributed by atoms with E-state index in [9.17, 15) is 14.4 Å². The zero-order valence-electron chi connectivity index (χ0n) is 19.5. The van der Waals surface area contributed by atoms with E-state index in [1.807, 2.05) is 39.0 Å². The second kappa shape index (κ2) is 8.84. The number of fused-ring (bicyclic) bond motifs is 3. The third kappa shape index (κ3) is 4.84. The van der Waals surface area contributed by atoms with Crippen molar-refractivity contribution in [3.05, 3.63) is 47.0 Å². The van der Waals surface area contributed by atoms with Gasteiger partial charge in [-0.15, -0.1) is 0 Å². The Kier molecular flexibility index (Phi) is 6.09. The van der Waals surface area contributed by atoms with E-state index in [0.29, 0.717) is 25.2 Å². The van der Waals surface area contributed by atoms with E-state index in [4.69, 9.17) is 4.74 Å². The molecule has 0 aliphatic carbocycles. The van der Waals surface area contributed by atoms with Crippen molar-refractivity contribution in [2.24, 2.45) is 5.92 Å². The molecule has 10 nitrogen and oxygen atoms in total. The lowest BCUT2D eigenvalue weighted by Crippen LogP contribution is -2.41. The van der Waals surface area contributed by atoms with Gasteiger partial charge in [0.1, 0.15) is 11.3 Å². The van der Waals surface area contributed by atoms with Gasteiger partial charge in [0.05, 0.1) is 36.9 Å². The molecule has 2 aliphatic rings. The Morgan fingerprint density at radius 3 is 2.70 bits per heavy atom. The van der Waals surface area contributed by atoms with Crippen LogP contribution in [0.25, 0.3) is 0 Å². The number of hydrogen-bond acceptors (Lipinski definition) is 6. The second-order valence-electron chi connectivity index (χ2n) is 9.43. The highest BCUT2D eigenvalue weighted by molar-refractivity contribution is 5.95. The molecule has 1 N–H and O–H groups in total. The number of nitrogens with one attached hydrogen (secondary N) is 1. The number of carbonyl (C=O) groups excluding carboxylic acids is 3. The Labute approximate surface area is 192 Å². The highest BCUT2D eigenvalue weighted by Crippen LogP contribution is 2.28. The van der Waals surface area contributed by atoms with E-state index in [2.05, 4.69) is 15.4 Å². The molecule has 10 heteroatoms. The minimum absolute atomic E-state index is 0.148. The quantitative estimate of drug-likeness (QED) is 0.754. The summed E-state index contributed by atoms with van der Waals surface area (Å²) in [6, 6.07) is 5.54. The van der Waals surface area contributed by atoms with Gasteiger partial charge in [0.2, 0.25) is 5.91 Å². The van der Waals surface area contributed by atoms with Crippen molar-refractivity contribution in [1.29, 1.82) is 0 Å². The van der Waals surface area contributed by atoms with Gasteiger partial charge in [0.15, 0.2) is 0 Å². The van der Waals surface area contributed by atoms with E-state index in [1.165, 1.54) is 0 Å². The molecule has 0 saturated carbocycles. The summed E-state index contributed by atoms with van der Waals surface area (Å²) in [6.07, 6.45) is 1.79. The Hall–Kier alpha value is -3.43. The van der Waals surface area contributed by atoms with Gasteiger partial charge < -0.3 is 19.9 Å². The predicted molar refractivity (Wildman–Crippen MR) is 119 cm³/mol. The van der Waals surface area contributed by atoms with Crippen molar-refractivity contribution in [2.45, 2.75) is 52.4 Å². The molecule has 0 spiro atoms. The smallest absolute Gasteiger partial charge is 0.410 e. The van der Waals surface area contributed by atoms with Crippen LogP contribution in [0.15, 0.2) is 24.4 Å². The summed E-state index contributed by atoms with van der Waals surface area (Å²) in [6.45, 7) is 7.00. The molecule has 0 saturated heterocycles. The molecule has 1 atom stereocenters. The fourth-order valence-corrected chi connectivity index (χ4v) is 4.24. The molecule has 176 valence electrons. The molecule has 4 heterocycles. The van der Waals surface area contributed by atoms with E-state index in [1.54, 1.807) is 27.7 Å². The molecule has 2 aromatic rings. The highest BCUT2D eigenvalue weighted by Gasteiger charge is 2.38. The van der Waals surface area contributed by atoms with E-state index in [0.717, 1.165) is 17.0 Å². The van der Waals surface area contributed by atoms with E-state index in [-0.39, 0.29) is 31.4 Å². The first-order valence-corrected chi connectivity index (χ1v) is 11.1. The molecule has 1 unspecified atom stereocenters. The predicted octanol–water partition coefficient (Wildman–Crippen LogP) is 1.59. The lowest BCUT2D eigenvalue weighted by Gasteiger charge is -2.30. The van der Waals surface area contributed by atoms with Crippen LogP contribution in [0.2, 0.25) is 0 Å². The zero-order chi connectivity index (χ0) is 23.8. The third-order valence-corrected chi connectivity index (χ3v) is 5.77. The summed E-state index contributed by atoms with van der Waals surface area (Å²) in [4.78, 5) is 46.5. The molecule has 4 rings (SSSR count). The van der Waals surface area contributed by atoms with Crippen molar-refractivity contribution in [1.82, 2.24) is 29.9 Å². The average molecular weight is 455 g/mol.